The first kappa shape index (κ1) is 8.09. The van der Waals surface area contributed by atoms with Gasteiger partial charge in [-0.1, -0.05) is 5.92 Å². The van der Waals surface area contributed by atoms with Crippen LogP contribution in [0.2, 0.25) is 0 Å². The Hall–Kier alpha value is -1.01. The molecule has 0 atom stereocenters. The van der Waals surface area contributed by atoms with Crippen molar-refractivity contribution in [2.24, 2.45) is 0 Å². The minimum atomic E-state index is 0.474. The van der Waals surface area contributed by atoms with Gasteiger partial charge in [-0.3, -0.25) is 0 Å². The van der Waals surface area contributed by atoms with Crippen molar-refractivity contribution in [1.29, 1.82) is 0 Å². The van der Waals surface area contributed by atoms with Crippen LogP contribution < -0.4 is 4.74 Å². The maximum Gasteiger partial charge on any atom is 0.230 e. The van der Waals surface area contributed by atoms with Crippen molar-refractivity contribution < 1.29 is 4.74 Å². The second kappa shape index (κ2) is 3.40. The molecule has 0 spiro atoms. The van der Waals surface area contributed by atoms with Crippen molar-refractivity contribution in [3.63, 3.8) is 0 Å². The van der Waals surface area contributed by atoms with Crippen LogP contribution in [0.5, 0.6) is 5.88 Å². The summed E-state index contributed by atoms with van der Waals surface area (Å²) >= 11 is 3.21. The fourth-order valence-electron chi connectivity index (χ4n) is 0.683. The predicted molar refractivity (Wildman–Crippen MR) is 46.4 cm³/mol. The number of halogens is 1. The molecule has 56 valence electrons. The predicted octanol–water partition coefficient (Wildman–Crippen LogP) is 1.83. The van der Waals surface area contributed by atoms with E-state index in [4.69, 9.17) is 11.2 Å². The number of nitrogens with zero attached hydrogens (tertiary/aromatic N) is 1. The number of aromatic nitrogens is 1. The highest BCUT2D eigenvalue weighted by molar-refractivity contribution is 9.10. The molecule has 0 N–H and O–H groups in total. The van der Waals surface area contributed by atoms with Crippen LogP contribution in [0.3, 0.4) is 0 Å². The van der Waals surface area contributed by atoms with Gasteiger partial charge in [0.05, 0.1) is 12.7 Å². The number of pyridine rings is 1. The van der Waals surface area contributed by atoms with Crippen molar-refractivity contribution in [2.75, 3.05) is 7.11 Å². The Labute approximate surface area is 73.7 Å². The average molecular weight is 212 g/mol. The SMILES string of the molecule is C#Cc1ccc(Br)nc1OC. The first-order valence-electron chi connectivity index (χ1n) is 2.95. The average Bonchev–Trinajstić information content (AvgIpc) is 2.04. The maximum absolute atomic E-state index is 5.19. The summed E-state index contributed by atoms with van der Waals surface area (Å²) in [6.07, 6.45) is 5.19. The largest absolute Gasteiger partial charge is 0.480 e. The van der Waals surface area contributed by atoms with Crippen LogP contribution in [0, 0.1) is 12.3 Å². The Bertz CT molecular complexity index is 303. The molecule has 2 nitrogen and oxygen atoms in total. The second-order valence-electron chi connectivity index (χ2n) is 1.84. The molecule has 0 saturated heterocycles. The van der Waals surface area contributed by atoms with E-state index in [2.05, 4.69) is 26.8 Å². The third kappa shape index (κ3) is 1.72. The molecule has 0 radical (unpaired) electrons. The van der Waals surface area contributed by atoms with Crippen LogP contribution in [-0.4, -0.2) is 12.1 Å². The molecule has 11 heavy (non-hydrogen) atoms. The van der Waals surface area contributed by atoms with E-state index in [0.29, 0.717) is 16.0 Å². The van der Waals surface area contributed by atoms with Gasteiger partial charge in [-0.05, 0) is 28.1 Å². The van der Waals surface area contributed by atoms with E-state index in [0.717, 1.165) is 0 Å². The van der Waals surface area contributed by atoms with Crippen molar-refractivity contribution in [3.8, 4) is 18.2 Å². The highest BCUT2D eigenvalue weighted by Gasteiger charge is 2.00. The number of terminal acetylenes is 1. The summed E-state index contributed by atoms with van der Waals surface area (Å²) < 4.78 is 5.65. The van der Waals surface area contributed by atoms with E-state index >= 15 is 0 Å². The van der Waals surface area contributed by atoms with Gasteiger partial charge in [-0.15, -0.1) is 6.42 Å². The smallest absolute Gasteiger partial charge is 0.230 e. The quantitative estimate of drug-likeness (QED) is 0.523. The normalized spacial score (nSPS) is 8.82. The number of methoxy groups -OCH3 is 1. The summed E-state index contributed by atoms with van der Waals surface area (Å²) in [5, 5.41) is 0. The Kier molecular flexibility index (Phi) is 2.50. The van der Waals surface area contributed by atoms with Crippen LogP contribution >= 0.6 is 15.9 Å². The van der Waals surface area contributed by atoms with Gasteiger partial charge in [0, 0.05) is 0 Å². The van der Waals surface area contributed by atoms with Crippen LogP contribution in [0.4, 0.5) is 0 Å². The molecule has 1 aromatic rings. The topological polar surface area (TPSA) is 22.1 Å². The van der Waals surface area contributed by atoms with Gasteiger partial charge >= 0.3 is 0 Å². The molecule has 0 fully saturated rings. The molecule has 1 heterocycles. The van der Waals surface area contributed by atoms with E-state index in [1.54, 1.807) is 12.1 Å². The molecule has 0 aliphatic heterocycles. The molecule has 0 saturated carbocycles. The summed E-state index contributed by atoms with van der Waals surface area (Å²) in [5.41, 5.74) is 0.663. The molecule has 1 aromatic heterocycles. The Morgan fingerprint density at radius 2 is 2.36 bits per heavy atom. The van der Waals surface area contributed by atoms with Gasteiger partial charge in [0.25, 0.3) is 0 Å². The first-order valence-corrected chi connectivity index (χ1v) is 3.74. The maximum atomic E-state index is 5.19. The first-order chi connectivity index (χ1) is 5.27. The Balaban J connectivity index is 3.19. The van der Waals surface area contributed by atoms with E-state index in [1.807, 2.05) is 0 Å². The fourth-order valence-corrected chi connectivity index (χ4v) is 0.977. The van der Waals surface area contributed by atoms with E-state index in [9.17, 15) is 0 Å². The zero-order valence-electron chi connectivity index (χ0n) is 5.97. The number of ether oxygens (including phenoxy) is 1. The third-order valence-electron chi connectivity index (χ3n) is 1.18. The van der Waals surface area contributed by atoms with Crippen LogP contribution in [0.15, 0.2) is 16.7 Å². The molecule has 0 unspecified atom stereocenters. The van der Waals surface area contributed by atoms with Gasteiger partial charge in [-0.2, -0.15) is 0 Å². The lowest BCUT2D eigenvalue weighted by molar-refractivity contribution is 0.396. The molecular weight excluding hydrogens is 206 g/mol. The Morgan fingerprint density at radius 1 is 1.64 bits per heavy atom. The number of hydrogen-bond acceptors (Lipinski definition) is 2. The van der Waals surface area contributed by atoms with Crippen LogP contribution in [-0.2, 0) is 0 Å². The molecule has 0 aliphatic rings. The van der Waals surface area contributed by atoms with Crippen LogP contribution in [0.1, 0.15) is 5.56 Å². The second-order valence-corrected chi connectivity index (χ2v) is 2.65. The third-order valence-corrected chi connectivity index (χ3v) is 1.62. The summed E-state index contributed by atoms with van der Waals surface area (Å²) in [4.78, 5) is 4.01. The lowest BCUT2D eigenvalue weighted by Crippen LogP contribution is -1.91. The zero-order chi connectivity index (χ0) is 8.27. The van der Waals surface area contributed by atoms with Crippen LogP contribution in [0.25, 0.3) is 0 Å². The fraction of sp³-hybridized carbons (Fsp3) is 0.125. The minimum Gasteiger partial charge on any atom is -0.480 e. The van der Waals surface area contributed by atoms with E-state index in [1.165, 1.54) is 7.11 Å². The molecule has 0 aliphatic carbocycles. The van der Waals surface area contributed by atoms with Gasteiger partial charge in [0.2, 0.25) is 5.88 Å². The van der Waals surface area contributed by atoms with Gasteiger partial charge in [-0.25, -0.2) is 4.98 Å². The highest BCUT2D eigenvalue weighted by Crippen LogP contribution is 2.17. The summed E-state index contributed by atoms with van der Waals surface area (Å²) in [6, 6.07) is 3.55. The number of hydrogen-bond donors (Lipinski definition) is 0. The summed E-state index contributed by atoms with van der Waals surface area (Å²) in [5.74, 6) is 2.94. The highest BCUT2D eigenvalue weighted by atomic mass is 79.9. The zero-order valence-corrected chi connectivity index (χ0v) is 7.55. The molecular formula is C8H6BrNO. The number of rotatable bonds is 1. The lowest BCUT2D eigenvalue weighted by atomic mass is 10.3. The lowest BCUT2D eigenvalue weighted by Gasteiger charge is -2.00. The van der Waals surface area contributed by atoms with Gasteiger partial charge in [0.15, 0.2) is 0 Å². The molecule has 1 rings (SSSR count). The van der Waals surface area contributed by atoms with Crippen molar-refractivity contribution in [3.05, 3.63) is 22.3 Å². The summed E-state index contributed by atoms with van der Waals surface area (Å²) in [6.45, 7) is 0. The standard InChI is InChI=1S/C8H6BrNO/c1-3-6-4-5-7(9)10-8(6)11-2/h1,4-5H,2H3. The molecule has 0 bridgehead atoms. The monoisotopic (exact) mass is 211 g/mol. The van der Waals surface area contributed by atoms with Gasteiger partial charge < -0.3 is 4.74 Å². The summed E-state index contributed by atoms with van der Waals surface area (Å²) in [7, 11) is 1.54. The van der Waals surface area contributed by atoms with Crippen molar-refractivity contribution in [1.82, 2.24) is 4.98 Å². The molecule has 0 aromatic carbocycles. The van der Waals surface area contributed by atoms with Gasteiger partial charge in [0.1, 0.15) is 4.60 Å². The van der Waals surface area contributed by atoms with E-state index < -0.39 is 0 Å². The Morgan fingerprint density at radius 3 is 2.91 bits per heavy atom. The minimum absolute atomic E-state index is 0.474. The molecule has 0 amide bonds. The van der Waals surface area contributed by atoms with E-state index in [-0.39, 0.29) is 0 Å². The molecule has 3 heteroatoms. The van der Waals surface area contributed by atoms with Crippen molar-refractivity contribution in [2.45, 2.75) is 0 Å². The van der Waals surface area contributed by atoms with Crippen molar-refractivity contribution >= 4 is 15.9 Å².